The summed E-state index contributed by atoms with van der Waals surface area (Å²) in [5.41, 5.74) is 0.428. The Morgan fingerprint density at radius 2 is 1.90 bits per heavy atom. The van der Waals surface area contributed by atoms with Gasteiger partial charge in [0, 0.05) is 5.02 Å². The summed E-state index contributed by atoms with van der Waals surface area (Å²) in [6, 6.07) is 4.86. The van der Waals surface area contributed by atoms with Gasteiger partial charge in [-0.1, -0.05) is 25.4 Å². The van der Waals surface area contributed by atoms with E-state index in [0.29, 0.717) is 16.5 Å². The van der Waals surface area contributed by atoms with Crippen molar-refractivity contribution in [1.29, 1.82) is 0 Å². The van der Waals surface area contributed by atoms with E-state index in [1.165, 1.54) is 14.0 Å². The number of hydrogen-bond donors (Lipinski definition) is 1. The molecule has 1 rings (SSSR count). The van der Waals surface area contributed by atoms with Crippen LogP contribution >= 0.6 is 11.6 Å². The van der Waals surface area contributed by atoms with Crippen molar-refractivity contribution in [1.82, 2.24) is 0 Å². The fraction of sp³-hybridized carbons (Fsp3) is 0.429. The van der Waals surface area contributed by atoms with Crippen molar-refractivity contribution >= 4 is 29.2 Å². The van der Waals surface area contributed by atoms with Crippen LogP contribution < -0.4 is 10.1 Å². The van der Waals surface area contributed by atoms with E-state index >= 15 is 0 Å². The summed E-state index contributed by atoms with van der Waals surface area (Å²) in [6.45, 7) is 4.91. The zero-order valence-electron chi connectivity index (χ0n) is 11.9. The Bertz CT molecular complexity index is 502. The van der Waals surface area contributed by atoms with E-state index in [0.717, 1.165) is 0 Å². The second-order valence-electron chi connectivity index (χ2n) is 4.57. The van der Waals surface area contributed by atoms with E-state index in [-0.39, 0.29) is 5.92 Å². The van der Waals surface area contributed by atoms with Crippen LogP contribution in [0.3, 0.4) is 0 Å². The van der Waals surface area contributed by atoms with Crippen LogP contribution in [0.2, 0.25) is 5.02 Å². The van der Waals surface area contributed by atoms with E-state index in [4.69, 9.17) is 21.1 Å². The zero-order chi connectivity index (χ0) is 15.3. The van der Waals surface area contributed by atoms with E-state index in [1.54, 1.807) is 32.0 Å². The molecule has 0 spiro atoms. The summed E-state index contributed by atoms with van der Waals surface area (Å²) in [6.07, 6.45) is -0.895. The molecule has 0 aliphatic heterocycles. The van der Waals surface area contributed by atoms with Crippen LogP contribution in [0.25, 0.3) is 0 Å². The van der Waals surface area contributed by atoms with Gasteiger partial charge in [-0.3, -0.25) is 9.59 Å². The van der Waals surface area contributed by atoms with Crippen LogP contribution in [0, 0.1) is 5.92 Å². The molecule has 0 aliphatic rings. The van der Waals surface area contributed by atoms with Gasteiger partial charge in [0.15, 0.2) is 6.10 Å². The molecule has 1 amide bonds. The molecule has 0 saturated heterocycles. The summed E-state index contributed by atoms with van der Waals surface area (Å²) in [7, 11) is 1.49. The summed E-state index contributed by atoms with van der Waals surface area (Å²) in [5, 5.41) is 3.09. The van der Waals surface area contributed by atoms with Gasteiger partial charge in [-0.15, -0.1) is 0 Å². The maximum Gasteiger partial charge on any atom is 0.309 e. The Kier molecular flexibility index (Phi) is 5.82. The van der Waals surface area contributed by atoms with Gasteiger partial charge in [0.1, 0.15) is 5.75 Å². The third-order valence-electron chi connectivity index (χ3n) is 2.55. The first-order valence-electron chi connectivity index (χ1n) is 6.20. The average Bonchev–Trinajstić information content (AvgIpc) is 2.38. The van der Waals surface area contributed by atoms with Crippen molar-refractivity contribution in [2.24, 2.45) is 5.92 Å². The fourth-order valence-corrected chi connectivity index (χ4v) is 1.55. The Labute approximate surface area is 123 Å². The van der Waals surface area contributed by atoms with E-state index in [2.05, 4.69) is 5.32 Å². The molecule has 6 heteroatoms. The molecule has 20 heavy (non-hydrogen) atoms. The maximum atomic E-state index is 12.0. The minimum absolute atomic E-state index is 0.286. The zero-order valence-corrected chi connectivity index (χ0v) is 12.7. The topological polar surface area (TPSA) is 64.6 Å². The Morgan fingerprint density at radius 1 is 1.25 bits per heavy atom. The van der Waals surface area contributed by atoms with Crippen LogP contribution in [-0.4, -0.2) is 25.1 Å². The number of rotatable bonds is 5. The van der Waals surface area contributed by atoms with Gasteiger partial charge in [-0.2, -0.15) is 0 Å². The molecule has 0 aliphatic carbocycles. The third kappa shape index (κ3) is 4.42. The molecule has 5 nitrogen and oxygen atoms in total. The Hall–Kier alpha value is -1.75. The number of nitrogens with one attached hydrogen (secondary N) is 1. The van der Waals surface area contributed by atoms with Gasteiger partial charge >= 0.3 is 5.97 Å². The molecule has 0 bridgehead atoms. The number of ether oxygens (including phenoxy) is 2. The lowest BCUT2D eigenvalue weighted by Gasteiger charge is -2.16. The van der Waals surface area contributed by atoms with Crippen molar-refractivity contribution in [3.63, 3.8) is 0 Å². The highest BCUT2D eigenvalue weighted by molar-refractivity contribution is 6.31. The quantitative estimate of drug-likeness (QED) is 0.849. The number of esters is 1. The molecule has 0 fully saturated rings. The van der Waals surface area contributed by atoms with Crippen LogP contribution in [0.5, 0.6) is 5.75 Å². The molecule has 1 unspecified atom stereocenters. The van der Waals surface area contributed by atoms with Gasteiger partial charge in [-0.25, -0.2) is 0 Å². The average molecular weight is 300 g/mol. The van der Waals surface area contributed by atoms with Crippen molar-refractivity contribution in [2.75, 3.05) is 12.4 Å². The summed E-state index contributed by atoms with van der Waals surface area (Å²) < 4.78 is 10.1. The second kappa shape index (κ2) is 7.14. The van der Waals surface area contributed by atoms with Gasteiger partial charge in [0.05, 0.1) is 18.7 Å². The molecule has 0 radical (unpaired) electrons. The molecule has 0 aromatic heterocycles. The number of anilines is 1. The molecular formula is C14H18ClNO4. The minimum Gasteiger partial charge on any atom is -0.495 e. The lowest BCUT2D eigenvalue weighted by Crippen LogP contribution is -2.31. The largest absolute Gasteiger partial charge is 0.495 e. The molecule has 0 heterocycles. The lowest BCUT2D eigenvalue weighted by atomic mass is 10.2. The van der Waals surface area contributed by atoms with Crippen LogP contribution in [0.15, 0.2) is 18.2 Å². The third-order valence-corrected chi connectivity index (χ3v) is 2.79. The molecule has 1 N–H and O–H groups in total. The number of methoxy groups -OCH3 is 1. The van der Waals surface area contributed by atoms with Gasteiger partial charge < -0.3 is 14.8 Å². The summed E-state index contributed by atoms with van der Waals surface area (Å²) in [5.74, 6) is -0.679. The number of benzene rings is 1. The number of carbonyl (C=O) groups excluding carboxylic acids is 2. The SMILES string of the molecule is COc1ccc(Cl)cc1NC(=O)C(C)OC(=O)C(C)C. The predicted octanol–water partition coefficient (Wildman–Crippen LogP) is 2.87. The Balaban J connectivity index is 2.75. The minimum atomic E-state index is -0.895. The maximum absolute atomic E-state index is 12.0. The van der Waals surface area contributed by atoms with Crippen LogP contribution in [0.4, 0.5) is 5.69 Å². The number of carbonyl (C=O) groups is 2. The van der Waals surface area contributed by atoms with Gasteiger partial charge in [-0.05, 0) is 25.1 Å². The van der Waals surface area contributed by atoms with Crippen molar-refractivity contribution in [2.45, 2.75) is 26.9 Å². The summed E-state index contributed by atoms with van der Waals surface area (Å²) in [4.78, 5) is 23.4. The first-order chi connectivity index (χ1) is 9.35. The smallest absolute Gasteiger partial charge is 0.309 e. The highest BCUT2D eigenvalue weighted by Gasteiger charge is 2.20. The second-order valence-corrected chi connectivity index (χ2v) is 5.00. The lowest BCUT2D eigenvalue weighted by molar-refractivity contribution is -0.156. The van der Waals surface area contributed by atoms with E-state index in [9.17, 15) is 9.59 Å². The molecule has 1 atom stereocenters. The standard InChI is InChI=1S/C14H18ClNO4/c1-8(2)14(18)20-9(3)13(17)16-11-7-10(15)5-6-12(11)19-4/h5-9H,1-4H3,(H,16,17). The molecule has 1 aromatic rings. The number of halogens is 1. The van der Waals surface area contributed by atoms with E-state index in [1.807, 2.05) is 0 Å². The summed E-state index contributed by atoms with van der Waals surface area (Å²) >= 11 is 5.87. The van der Waals surface area contributed by atoms with Gasteiger partial charge in [0.2, 0.25) is 0 Å². The van der Waals surface area contributed by atoms with Crippen molar-refractivity contribution in [3.8, 4) is 5.75 Å². The van der Waals surface area contributed by atoms with Crippen molar-refractivity contribution < 1.29 is 19.1 Å². The highest BCUT2D eigenvalue weighted by Crippen LogP contribution is 2.27. The van der Waals surface area contributed by atoms with Gasteiger partial charge in [0.25, 0.3) is 5.91 Å². The molecule has 1 aromatic carbocycles. The van der Waals surface area contributed by atoms with Crippen LogP contribution in [-0.2, 0) is 14.3 Å². The normalized spacial score (nSPS) is 11.9. The van der Waals surface area contributed by atoms with Crippen LogP contribution in [0.1, 0.15) is 20.8 Å². The fourth-order valence-electron chi connectivity index (χ4n) is 1.38. The molecular weight excluding hydrogens is 282 g/mol. The predicted molar refractivity (Wildman–Crippen MR) is 77.0 cm³/mol. The highest BCUT2D eigenvalue weighted by atomic mass is 35.5. The number of amides is 1. The van der Waals surface area contributed by atoms with E-state index < -0.39 is 18.0 Å². The first-order valence-corrected chi connectivity index (χ1v) is 6.57. The molecule has 110 valence electrons. The molecule has 0 saturated carbocycles. The first kappa shape index (κ1) is 16.3. The Morgan fingerprint density at radius 3 is 2.45 bits per heavy atom. The monoisotopic (exact) mass is 299 g/mol. The van der Waals surface area contributed by atoms with Crippen molar-refractivity contribution in [3.05, 3.63) is 23.2 Å². The number of hydrogen-bond acceptors (Lipinski definition) is 4.